The molecule has 0 aromatic heterocycles. The number of thioether (sulfide) groups is 1. The normalized spacial score (nSPS) is 22.2. The lowest BCUT2D eigenvalue weighted by molar-refractivity contribution is -0.115. The van der Waals surface area contributed by atoms with Gasteiger partial charge in [0, 0.05) is 4.47 Å². The standard InChI is InChI=1S/C17H19BrN2O3S/c1-23-14-7-10(12(18)9-13(14)21)8-15-16(22)20-17(24-15)19-11-5-3-2-4-6-11/h7-9,11,21H,2-6H2,1H3,(H,19,20,22)/b15-8-. The van der Waals surface area contributed by atoms with Crippen LogP contribution in [0.1, 0.15) is 37.7 Å². The maximum absolute atomic E-state index is 12.2. The minimum Gasteiger partial charge on any atom is -0.504 e. The zero-order chi connectivity index (χ0) is 17.1. The molecular weight excluding hydrogens is 392 g/mol. The van der Waals surface area contributed by atoms with Crippen LogP contribution < -0.4 is 10.1 Å². The van der Waals surface area contributed by atoms with Crippen LogP contribution in [0.4, 0.5) is 0 Å². The first-order valence-electron chi connectivity index (χ1n) is 7.92. The van der Waals surface area contributed by atoms with Gasteiger partial charge in [0.1, 0.15) is 0 Å². The Morgan fingerprint density at radius 3 is 2.83 bits per heavy atom. The number of aliphatic imine (C=N–C) groups is 1. The van der Waals surface area contributed by atoms with Crippen molar-refractivity contribution in [3.63, 3.8) is 0 Å². The Kier molecular flexibility index (Phi) is 5.50. The summed E-state index contributed by atoms with van der Waals surface area (Å²) in [5.74, 6) is 0.271. The molecule has 0 unspecified atom stereocenters. The Morgan fingerprint density at radius 2 is 2.12 bits per heavy atom. The number of amides is 1. The van der Waals surface area contributed by atoms with Crippen molar-refractivity contribution in [1.82, 2.24) is 5.32 Å². The molecule has 1 saturated carbocycles. The molecule has 1 heterocycles. The van der Waals surface area contributed by atoms with Gasteiger partial charge in [-0.25, -0.2) is 0 Å². The molecule has 1 amide bonds. The van der Waals surface area contributed by atoms with Gasteiger partial charge in [0.05, 0.1) is 18.1 Å². The highest BCUT2D eigenvalue weighted by Crippen LogP contribution is 2.35. The number of hydrogen-bond donors (Lipinski definition) is 2. The van der Waals surface area contributed by atoms with Crippen LogP contribution in [0.25, 0.3) is 6.08 Å². The summed E-state index contributed by atoms with van der Waals surface area (Å²) in [4.78, 5) is 17.4. The first-order valence-corrected chi connectivity index (χ1v) is 9.53. The number of amidine groups is 1. The third-order valence-corrected chi connectivity index (χ3v) is 5.72. The second-order valence-electron chi connectivity index (χ2n) is 5.84. The molecule has 3 rings (SSSR count). The van der Waals surface area contributed by atoms with E-state index in [4.69, 9.17) is 4.74 Å². The van der Waals surface area contributed by atoms with Crippen molar-refractivity contribution >= 4 is 44.8 Å². The first-order chi connectivity index (χ1) is 11.6. The van der Waals surface area contributed by atoms with Crippen LogP contribution in [0, 0.1) is 0 Å². The van der Waals surface area contributed by atoms with Crippen LogP contribution in [0.2, 0.25) is 0 Å². The van der Waals surface area contributed by atoms with Gasteiger partial charge in [-0.3, -0.25) is 9.79 Å². The number of carbonyl (C=O) groups is 1. The SMILES string of the molecule is COc1cc(/C=C2\SC(=NC3CCCCC3)NC2=O)c(Br)cc1O. The van der Waals surface area contributed by atoms with Gasteiger partial charge in [0.2, 0.25) is 0 Å². The monoisotopic (exact) mass is 410 g/mol. The lowest BCUT2D eigenvalue weighted by Crippen LogP contribution is -2.22. The lowest BCUT2D eigenvalue weighted by atomic mass is 9.96. The van der Waals surface area contributed by atoms with Gasteiger partial charge in [-0.2, -0.15) is 0 Å². The predicted octanol–water partition coefficient (Wildman–Crippen LogP) is 4.06. The molecule has 1 aromatic carbocycles. The van der Waals surface area contributed by atoms with Crippen molar-refractivity contribution in [2.24, 2.45) is 4.99 Å². The highest BCUT2D eigenvalue weighted by atomic mass is 79.9. The molecule has 1 aromatic rings. The minimum atomic E-state index is -0.145. The number of phenolic OH excluding ortho intramolecular Hbond substituents is 1. The quantitative estimate of drug-likeness (QED) is 0.737. The summed E-state index contributed by atoms with van der Waals surface area (Å²) < 4.78 is 5.82. The molecule has 0 atom stereocenters. The largest absolute Gasteiger partial charge is 0.504 e. The number of nitrogens with zero attached hydrogens (tertiary/aromatic N) is 1. The molecule has 1 saturated heterocycles. The second kappa shape index (κ2) is 7.61. The lowest BCUT2D eigenvalue weighted by Gasteiger charge is -2.17. The summed E-state index contributed by atoms with van der Waals surface area (Å²) in [5.41, 5.74) is 0.765. The van der Waals surface area contributed by atoms with Gasteiger partial charge >= 0.3 is 0 Å². The predicted molar refractivity (Wildman–Crippen MR) is 100 cm³/mol. The first kappa shape index (κ1) is 17.4. The fourth-order valence-electron chi connectivity index (χ4n) is 2.84. The van der Waals surface area contributed by atoms with Gasteiger partial charge in [-0.1, -0.05) is 35.2 Å². The summed E-state index contributed by atoms with van der Waals surface area (Å²) in [5, 5.41) is 13.3. The van der Waals surface area contributed by atoms with Gasteiger partial charge in [-0.15, -0.1) is 0 Å². The fraction of sp³-hybridized carbons (Fsp3) is 0.412. The zero-order valence-corrected chi connectivity index (χ0v) is 15.7. The van der Waals surface area contributed by atoms with Crippen molar-refractivity contribution in [3.05, 3.63) is 27.1 Å². The van der Waals surface area contributed by atoms with Gasteiger partial charge in [0.15, 0.2) is 16.7 Å². The Balaban J connectivity index is 1.81. The highest BCUT2D eigenvalue weighted by molar-refractivity contribution is 9.10. The van der Waals surface area contributed by atoms with E-state index < -0.39 is 0 Å². The van der Waals surface area contributed by atoms with Crippen LogP contribution in [0.3, 0.4) is 0 Å². The molecule has 5 nitrogen and oxygen atoms in total. The Labute approximate surface area is 153 Å². The Hall–Kier alpha value is -1.47. The highest BCUT2D eigenvalue weighted by Gasteiger charge is 2.25. The molecule has 2 fully saturated rings. The van der Waals surface area contributed by atoms with E-state index in [0.717, 1.165) is 18.4 Å². The molecule has 1 aliphatic carbocycles. The van der Waals surface area contributed by atoms with E-state index in [1.54, 1.807) is 18.2 Å². The summed E-state index contributed by atoms with van der Waals surface area (Å²) in [6.07, 6.45) is 7.67. The van der Waals surface area contributed by atoms with Crippen molar-refractivity contribution in [3.8, 4) is 11.5 Å². The molecule has 1 aliphatic heterocycles. The number of ether oxygens (including phenoxy) is 1. The summed E-state index contributed by atoms with van der Waals surface area (Å²) in [7, 11) is 1.49. The molecule has 2 N–H and O–H groups in total. The number of phenols is 1. The average molecular weight is 411 g/mol. The molecular formula is C17H19BrN2O3S. The van der Waals surface area contributed by atoms with Crippen molar-refractivity contribution in [2.45, 2.75) is 38.1 Å². The number of methoxy groups -OCH3 is 1. The van der Waals surface area contributed by atoms with Crippen LogP contribution in [-0.2, 0) is 4.79 Å². The zero-order valence-electron chi connectivity index (χ0n) is 13.3. The van der Waals surface area contributed by atoms with Gasteiger partial charge in [-0.05, 0) is 48.4 Å². The van der Waals surface area contributed by atoms with E-state index in [2.05, 4.69) is 26.2 Å². The number of rotatable bonds is 3. The van der Waals surface area contributed by atoms with Gasteiger partial charge < -0.3 is 15.2 Å². The van der Waals surface area contributed by atoms with E-state index in [1.807, 2.05) is 0 Å². The molecule has 7 heteroatoms. The van der Waals surface area contributed by atoms with E-state index >= 15 is 0 Å². The molecule has 0 radical (unpaired) electrons. The second-order valence-corrected chi connectivity index (χ2v) is 7.72. The molecule has 128 valence electrons. The summed E-state index contributed by atoms with van der Waals surface area (Å²) in [6.45, 7) is 0. The number of aromatic hydroxyl groups is 1. The van der Waals surface area contributed by atoms with Crippen molar-refractivity contribution < 1.29 is 14.6 Å². The Morgan fingerprint density at radius 1 is 1.38 bits per heavy atom. The number of hydrogen-bond acceptors (Lipinski definition) is 5. The molecule has 24 heavy (non-hydrogen) atoms. The average Bonchev–Trinajstić information content (AvgIpc) is 2.90. The van der Waals surface area contributed by atoms with Crippen molar-refractivity contribution in [1.29, 1.82) is 0 Å². The maximum atomic E-state index is 12.2. The number of nitrogens with one attached hydrogen (secondary N) is 1. The number of carbonyl (C=O) groups excluding carboxylic acids is 1. The van der Waals surface area contributed by atoms with Crippen LogP contribution in [-0.4, -0.2) is 29.3 Å². The molecule has 0 spiro atoms. The summed E-state index contributed by atoms with van der Waals surface area (Å²) in [6, 6.07) is 3.57. The minimum absolute atomic E-state index is 0.0506. The maximum Gasteiger partial charge on any atom is 0.264 e. The molecule has 0 bridgehead atoms. The van der Waals surface area contributed by atoms with E-state index in [1.165, 1.54) is 38.1 Å². The van der Waals surface area contributed by atoms with E-state index in [0.29, 0.717) is 26.3 Å². The molecule has 2 aliphatic rings. The number of halogens is 1. The van der Waals surface area contributed by atoms with E-state index in [9.17, 15) is 9.90 Å². The third-order valence-electron chi connectivity index (χ3n) is 4.11. The summed E-state index contributed by atoms with van der Waals surface area (Å²) >= 11 is 4.76. The fourth-order valence-corrected chi connectivity index (χ4v) is 4.17. The third kappa shape index (κ3) is 3.95. The van der Waals surface area contributed by atoms with Crippen molar-refractivity contribution in [2.75, 3.05) is 7.11 Å². The van der Waals surface area contributed by atoms with Crippen LogP contribution in [0.5, 0.6) is 11.5 Å². The van der Waals surface area contributed by atoms with Crippen LogP contribution in [0.15, 0.2) is 26.5 Å². The number of benzene rings is 1. The van der Waals surface area contributed by atoms with Gasteiger partial charge in [0.25, 0.3) is 5.91 Å². The Bertz CT molecular complexity index is 712. The smallest absolute Gasteiger partial charge is 0.264 e. The van der Waals surface area contributed by atoms with Crippen LogP contribution >= 0.6 is 27.7 Å². The topological polar surface area (TPSA) is 70.9 Å². The van der Waals surface area contributed by atoms with E-state index in [-0.39, 0.29) is 11.7 Å².